The van der Waals surface area contributed by atoms with Gasteiger partial charge in [-0.25, -0.2) is 0 Å². The number of amides is 2. The van der Waals surface area contributed by atoms with E-state index < -0.39 is 5.91 Å². The van der Waals surface area contributed by atoms with Crippen LogP contribution in [-0.4, -0.2) is 11.8 Å². The van der Waals surface area contributed by atoms with Crippen molar-refractivity contribution in [2.75, 3.05) is 10.6 Å². The molecule has 0 radical (unpaired) electrons. The summed E-state index contributed by atoms with van der Waals surface area (Å²) in [6.45, 7) is 1.95. The van der Waals surface area contributed by atoms with Crippen molar-refractivity contribution in [1.82, 2.24) is 0 Å². The SMILES string of the molecule is Cc1cccc(NC(=O)c2oc3ccccc3c2NC(=O)Cc2coc3ccc(Br)cc23)c1. The quantitative estimate of drug-likeness (QED) is 0.280. The fourth-order valence-corrected chi connectivity index (χ4v) is 4.15. The van der Waals surface area contributed by atoms with E-state index in [1.807, 2.05) is 61.5 Å². The van der Waals surface area contributed by atoms with Crippen molar-refractivity contribution in [1.29, 1.82) is 0 Å². The molecule has 0 saturated carbocycles. The van der Waals surface area contributed by atoms with Crippen LogP contribution in [0.15, 0.2) is 86.3 Å². The molecule has 0 saturated heterocycles. The van der Waals surface area contributed by atoms with Gasteiger partial charge in [-0.15, -0.1) is 0 Å². The molecule has 0 aliphatic heterocycles. The molecular formula is C26H19BrN2O4. The summed E-state index contributed by atoms with van der Waals surface area (Å²) >= 11 is 3.45. The van der Waals surface area contributed by atoms with Crippen LogP contribution in [0.5, 0.6) is 0 Å². The molecule has 0 atom stereocenters. The minimum atomic E-state index is -0.440. The van der Waals surface area contributed by atoms with Crippen LogP contribution in [0.1, 0.15) is 21.7 Å². The van der Waals surface area contributed by atoms with Gasteiger partial charge in [-0.3, -0.25) is 9.59 Å². The number of fused-ring (bicyclic) bond motifs is 2. The topological polar surface area (TPSA) is 84.5 Å². The van der Waals surface area contributed by atoms with Gasteiger partial charge in [-0.05, 0) is 55.0 Å². The molecule has 7 heteroatoms. The van der Waals surface area contributed by atoms with E-state index in [1.165, 1.54) is 0 Å². The van der Waals surface area contributed by atoms with Crippen molar-refractivity contribution in [2.45, 2.75) is 13.3 Å². The average molecular weight is 503 g/mol. The molecule has 3 aromatic carbocycles. The van der Waals surface area contributed by atoms with Crippen LogP contribution >= 0.6 is 15.9 Å². The van der Waals surface area contributed by atoms with Gasteiger partial charge >= 0.3 is 0 Å². The fourth-order valence-electron chi connectivity index (χ4n) is 3.79. The van der Waals surface area contributed by atoms with Gasteiger partial charge < -0.3 is 19.5 Å². The Morgan fingerprint density at radius 2 is 1.76 bits per heavy atom. The summed E-state index contributed by atoms with van der Waals surface area (Å²) in [7, 11) is 0. The molecule has 0 unspecified atom stereocenters. The number of anilines is 2. The van der Waals surface area contributed by atoms with E-state index in [0.29, 0.717) is 27.9 Å². The predicted molar refractivity (Wildman–Crippen MR) is 132 cm³/mol. The summed E-state index contributed by atoms with van der Waals surface area (Å²) < 4.78 is 12.3. The summed E-state index contributed by atoms with van der Waals surface area (Å²) in [5, 5.41) is 7.24. The maximum Gasteiger partial charge on any atom is 0.293 e. The van der Waals surface area contributed by atoms with Gasteiger partial charge in [0.15, 0.2) is 0 Å². The smallest absolute Gasteiger partial charge is 0.293 e. The fraction of sp³-hybridized carbons (Fsp3) is 0.0769. The Hall–Kier alpha value is -3.84. The van der Waals surface area contributed by atoms with E-state index in [0.717, 1.165) is 21.0 Å². The molecule has 2 N–H and O–H groups in total. The number of carbonyl (C=O) groups excluding carboxylic acids is 2. The molecule has 0 spiro atoms. The second-order valence-corrected chi connectivity index (χ2v) is 8.67. The number of halogens is 1. The monoisotopic (exact) mass is 502 g/mol. The van der Waals surface area contributed by atoms with E-state index in [9.17, 15) is 9.59 Å². The Bertz CT molecular complexity index is 1520. The number of furan rings is 2. The van der Waals surface area contributed by atoms with Crippen LogP contribution in [0.2, 0.25) is 0 Å². The van der Waals surface area contributed by atoms with Crippen LogP contribution in [0.4, 0.5) is 11.4 Å². The molecule has 164 valence electrons. The molecule has 0 aliphatic carbocycles. The summed E-state index contributed by atoms with van der Waals surface area (Å²) in [5.74, 6) is -0.676. The Kier molecular flexibility index (Phi) is 5.48. The molecule has 5 aromatic rings. The minimum absolute atomic E-state index is 0.0471. The van der Waals surface area contributed by atoms with Crippen LogP contribution < -0.4 is 10.6 Å². The number of carbonyl (C=O) groups is 2. The van der Waals surface area contributed by atoms with Gasteiger partial charge in [0.1, 0.15) is 16.9 Å². The van der Waals surface area contributed by atoms with Crippen molar-refractivity contribution < 1.29 is 18.4 Å². The first kappa shape index (κ1) is 21.0. The zero-order chi connectivity index (χ0) is 22.9. The van der Waals surface area contributed by atoms with Gasteiger partial charge in [-0.2, -0.15) is 0 Å². The number of para-hydroxylation sites is 1. The van der Waals surface area contributed by atoms with E-state index in [4.69, 9.17) is 8.83 Å². The zero-order valence-corrected chi connectivity index (χ0v) is 19.2. The highest BCUT2D eigenvalue weighted by molar-refractivity contribution is 9.10. The maximum atomic E-state index is 13.1. The number of rotatable bonds is 5. The third-order valence-corrected chi connectivity index (χ3v) is 5.80. The Labute approximate surface area is 197 Å². The molecule has 0 bridgehead atoms. The molecule has 0 fully saturated rings. The average Bonchev–Trinajstić information content (AvgIpc) is 3.35. The number of benzene rings is 3. The highest BCUT2D eigenvalue weighted by Crippen LogP contribution is 2.32. The molecular weight excluding hydrogens is 484 g/mol. The van der Waals surface area contributed by atoms with Crippen LogP contribution in [-0.2, 0) is 11.2 Å². The minimum Gasteiger partial charge on any atom is -0.464 e. The van der Waals surface area contributed by atoms with Crippen molar-refractivity contribution in [3.05, 3.63) is 94.4 Å². The molecule has 6 nitrogen and oxygen atoms in total. The molecule has 2 aromatic heterocycles. The van der Waals surface area contributed by atoms with Crippen molar-refractivity contribution >= 4 is 61.1 Å². The van der Waals surface area contributed by atoms with E-state index >= 15 is 0 Å². The standard InChI is InChI=1S/C26H19BrN2O4/c1-15-5-4-6-18(11-15)28-26(31)25-24(19-7-2-3-8-22(19)33-25)29-23(30)12-16-14-32-21-10-9-17(27)13-20(16)21/h2-11,13-14H,12H2,1H3,(H,28,31)(H,29,30). The van der Waals surface area contributed by atoms with Crippen molar-refractivity contribution in [3.63, 3.8) is 0 Å². The Morgan fingerprint density at radius 3 is 2.61 bits per heavy atom. The largest absolute Gasteiger partial charge is 0.464 e. The highest BCUT2D eigenvalue weighted by atomic mass is 79.9. The zero-order valence-electron chi connectivity index (χ0n) is 17.6. The number of nitrogens with one attached hydrogen (secondary N) is 2. The Morgan fingerprint density at radius 1 is 0.909 bits per heavy atom. The second kappa shape index (κ2) is 8.60. The van der Waals surface area contributed by atoms with E-state index in [2.05, 4.69) is 26.6 Å². The van der Waals surface area contributed by atoms with Gasteiger partial charge in [0.2, 0.25) is 11.7 Å². The summed E-state index contributed by atoms with van der Waals surface area (Å²) in [6, 6.07) is 20.3. The summed E-state index contributed by atoms with van der Waals surface area (Å²) in [4.78, 5) is 26.0. The van der Waals surface area contributed by atoms with Crippen LogP contribution in [0.3, 0.4) is 0 Å². The first-order valence-electron chi connectivity index (χ1n) is 10.3. The van der Waals surface area contributed by atoms with Gasteiger partial charge in [0.05, 0.1) is 12.7 Å². The van der Waals surface area contributed by atoms with Gasteiger partial charge in [0.25, 0.3) is 5.91 Å². The van der Waals surface area contributed by atoms with Crippen LogP contribution in [0, 0.1) is 6.92 Å². The molecule has 2 heterocycles. The third kappa shape index (κ3) is 4.27. The lowest BCUT2D eigenvalue weighted by Gasteiger charge is -2.08. The summed E-state index contributed by atoms with van der Waals surface area (Å²) in [6.07, 6.45) is 1.66. The normalized spacial score (nSPS) is 11.1. The molecule has 5 rings (SSSR count). The first-order valence-corrected chi connectivity index (χ1v) is 11.1. The molecule has 2 amide bonds. The van der Waals surface area contributed by atoms with Crippen molar-refractivity contribution in [3.8, 4) is 0 Å². The van der Waals surface area contributed by atoms with E-state index in [-0.39, 0.29) is 18.1 Å². The third-order valence-electron chi connectivity index (χ3n) is 5.31. The lowest BCUT2D eigenvalue weighted by Crippen LogP contribution is -2.18. The van der Waals surface area contributed by atoms with Gasteiger partial charge in [-0.1, -0.05) is 40.2 Å². The lowest BCUT2D eigenvalue weighted by molar-refractivity contribution is -0.115. The van der Waals surface area contributed by atoms with Crippen molar-refractivity contribution in [2.24, 2.45) is 0 Å². The highest BCUT2D eigenvalue weighted by Gasteiger charge is 2.23. The van der Waals surface area contributed by atoms with E-state index in [1.54, 1.807) is 18.4 Å². The number of hydrogen-bond acceptors (Lipinski definition) is 4. The summed E-state index contributed by atoms with van der Waals surface area (Å²) in [5.41, 5.74) is 3.98. The molecule has 0 aliphatic rings. The lowest BCUT2D eigenvalue weighted by atomic mass is 10.1. The van der Waals surface area contributed by atoms with Gasteiger partial charge in [0, 0.05) is 26.5 Å². The number of hydrogen-bond donors (Lipinski definition) is 2. The Balaban J connectivity index is 1.45. The first-order chi connectivity index (χ1) is 16.0. The maximum absolute atomic E-state index is 13.1. The number of aryl methyl sites for hydroxylation is 1. The second-order valence-electron chi connectivity index (χ2n) is 7.75. The molecule has 33 heavy (non-hydrogen) atoms. The predicted octanol–water partition coefficient (Wildman–Crippen LogP) is 6.68. The van der Waals surface area contributed by atoms with Crippen LogP contribution in [0.25, 0.3) is 21.9 Å².